The van der Waals surface area contributed by atoms with E-state index in [9.17, 15) is 15.1 Å². The second-order valence-corrected chi connectivity index (χ2v) is 5.24. The Labute approximate surface area is 115 Å². The van der Waals surface area contributed by atoms with Crippen molar-refractivity contribution < 1.29 is 15.1 Å². The van der Waals surface area contributed by atoms with Crippen LogP contribution in [-0.2, 0) is 0 Å². The van der Waals surface area contributed by atoms with Crippen molar-refractivity contribution in [2.75, 3.05) is 0 Å². The minimum Gasteiger partial charge on any atom is -0.556 e. The van der Waals surface area contributed by atoms with Gasteiger partial charge in [0.2, 0.25) is 0 Å². The van der Waals surface area contributed by atoms with E-state index in [2.05, 4.69) is 6.07 Å². The molecule has 0 bridgehead atoms. The summed E-state index contributed by atoms with van der Waals surface area (Å²) >= 11 is 0. The fraction of sp³-hybridized carbons (Fsp3) is 0. The minimum atomic E-state index is -3.50. The van der Waals surface area contributed by atoms with Crippen LogP contribution < -0.4 is 5.46 Å². The van der Waals surface area contributed by atoms with Gasteiger partial charge in [0.25, 0.3) is 0 Å². The fourth-order valence-electron chi connectivity index (χ4n) is 3.10. The highest BCUT2D eigenvalue weighted by Gasteiger charge is 2.22. The Balaban J connectivity index is 2.32. The summed E-state index contributed by atoms with van der Waals surface area (Å²) in [5.74, 6) is 0. The standard InChI is InChI=1S/C16H12BO3/c18-17(19,20)14-9-7-12-5-4-10-2-1-3-11-6-8-13(14)16(12)15(10)11/h1-9,18-20H/q-1. The lowest BCUT2D eigenvalue weighted by Crippen LogP contribution is -2.49. The maximum absolute atomic E-state index is 9.59. The van der Waals surface area contributed by atoms with Gasteiger partial charge in [-0.2, -0.15) is 0 Å². The van der Waals surface area contributed by atoms with E-state index in [-0.39, 0.29) is 5.46 Å². The van der Waals surface area contributed by atoms with Gasteiger partial charge < -0.3 is 15.1 Å². The summed E-state index contributed by atoms with van der Waals surface area (Å²) in [5.41, 5.74) is 0.163. The first-order chi connectivity index (χ1) is 9.55. The summed E-state index contributed by atoms with van der Waals surface area (Å²) in [6, 6.07) is 17.3. The van der Waals surface area contributed by atoms with Crippen molar-refractivity contribution in [1.82, 2.24) is 0 Å². The molecule has 98 valence electrons. The van der Waals surface area contributed by atoms with Gasteiger partial charge in [-0.05, 0) is 32.3 Å². The number of benzene rings is 4. The summed E-state index contributed by atoms with van der Waals surface area (Å²) in [5, 5.41) is 34.7. The number of rotatable bonds is 1. The van der Waals surface area contributed by atoms with Crippen molar-refractivity contribution in [2.24, 2.45) is 0 Å². The third-order valence-electron chi connectivity index (χ3n) is 3.98. The molecule has 0 aliphatic carbocycles. The predicted molar refractivity (Wildman–Crippen MR) is 82.2 cm³/mol. The molecule has 0 spiro atoms. The first-order valence-electron chi connectivity index (χ1n) is 6.54. The van der Waals surface area contributed by atoms with Gasteiger partial charge in [0.1, 0.15) is 0 Å². The molecule has 4 aromatic rings. The van der Waals surface area contributed by atoms with Crippen LogP contribution in [0.15, 0.2) is 54.6 Å². The zero-order valence-corrected chi connectivity index (χ0v) is 10.6. The molecule has 0 saturated heterocycles. The molecular weight excluding hydrogens is 251 g/mol. The van der Waals surface area contributed by atoms with E-state index in [0.29, 0.717) is 5.39 Å². The third kappa shape index (κ3) is 1.47. The van der Waals surface area contributed by atoms with Crippen LogP contribution in [0, 0.1) is 0 Å². The fourth-order valence-corrected chi connectivity index (χ4v) is 3.10. The van der Waals surface area contributed by atoms with E-state index in [1.807, 2.05) is 42.5 Å². The van der Waals surface area contributed by atoms with Crippen LogP contribution in [0.1, 0.15) is 0 Å². The first-order valence-corrected chi connectivity index (χ1v) is 6.54. The van der Waals surface area contributed by atoms with Gasteiger partial charge >= 0.3 is 6.75 Å². The second kappa shape index (κ2) is 3.70. The van der Waals surface area contributed by atoms with Crippen molar-refractivity contribution in [3.05, 3.63) is 54.6 Å². The van der Waals surface area contributed by atoms with Crippen molar-refractivity contribution in [2.45, 2.75) is 0 Å². The van der Waals surface area contributed by atoms with Gasteiger partial charge in [-0.3, -0.25) is 0 Å². The summed E-state index contributed by atoms with van der Waals surface area (Å²) in [7, 11) is 0. The molecule has 4 aromatic carbocycles. The molecule has 0 amide bonds. The molecule has 20 heavy (non-hydrogen) atoms. The van der Waals surface area contributed by atoms with Crippen LogP contribution in [0.5, 0.6) is 0 Å². The molecule has 0 fully saturated rings. The number of hydrogen-bond donors (Lipinski definition) is 3. The Hall–Kier alpha value is -2.14. The van der Waals surface area contributed by atoms with Gasteiger partial charge in [0.15, 0.2) is 0 Å². The second-order valence-electron chi connectivity index (χ2n) is 5.24. The highest BCUT2D eigenvalue weighted by molar-refractivity contribution is 6.74. The Morgan fingerprint density at radius 2 is 1.15 bits per heavy atom. The van der Waals surface area contributed by atoms with Gasteiger partial charge in [-0.1, -0.05) is 54.6 Å². The van der Waals surface area contributed by atoms with Crippen LogP contribution in [0.4, 0.5) is 0 Å². The van der Waals surface area contributed by atoms with Crippen LogP contribution in [0.25, 0.3) is 32.3 Å². The third-order valence-corrected chi connectivity index (χ3v) is 3.98. The lowest BCUT2D eigenvalue weighted by atomic mass is 9.68. The zero-order valence-electron chi connectivity index (χ0n) is 10.6. The molecule has 3 N–H and O–H groups in total. The Morgan fingerprint density at radius 1 is 0.600 bits per heavy atom. The smallest absolute Gasteiger partial charge is 0.403 e. The van der Waals surface area contributed by atoms with Gasteiger partial charge in [0, 0.05) is 0 Å². The SMILES string of the molecule is O[B-](O)(O)c1ccc2ccc3cccc4ccc1c2c34. The van der Waals surface area contributed by atoms with E-state index < -0.39 is 6.75 Å². The van der Waals surface area contributed by atoms with Crippen molar-refractivity contribution in [3.8, 4) is 0 Å². The van der Waals surface area contributed by atoms with Crippen molar-refractivity contribution in [1.29, 1.82) is 0 Å². The normalized spacial score (nSPS) is 12.8. The molecule has 0 saturated carbocycles. The molecule has 0 aromatic heterocycles. The average Bonchev–Trinajstić information content (AvgIpc) is 2.43. The van der Waals surface area contributed by atoms with E-state index in [4.69, 9.17) is 0 Å². The van der Waals surface area contributed by atoms with E-state index in [1.165, 1.54) is 0 Å². The minimum absolute atomic E-state index is 0.163. The van der Waals surface area contributed by atoms with Crippen LogP contribution >= 0.6 is 0 Å². The van der Waals surface area contributed by atoms with Crippen LogP contribution in [0.2, 0.25) is 0 Å². The molecule has 4 rings (SSSR count). The van der Waals surface area contributed by atoms with Gasteiger partial charge in [-0.25, -0.2) is 0 Å². The first kappa shape index (κ1) is 11.7. The molecule has 0 aliphatic rings. The Bertz CT molecular complexity index is 925. The Kier molecular flexibility index (Phi) is 2.16. The highest BCUT2D eigenvalue weighted by Crippen LogP contribution is 2.33. The molecular formula is C16H12BO3-. The van der Waals surface area contributed by atoms with Gasteiger partial charge in [0.05, 0.1) is 0 Å². The maximum atomic E-state index is 9.59. The monoisotopic (exact) mass is 263 g/mol. The summed E-state index contributed by atoms with van der Waals surface area (Å²) in [6.45, 7) is -3.50. The Morgan fingerprint density at radius 3 is 1.80 bits per heavy atom. The van der Waals surface area contributed by atoms with Crippen LogP contribution in [-0.4, -0.2) is 21.8 Å². The lowest BCUT2D eigenvalue weighted by molar-refractivity contribution is 0.250. The summed E-state index contributed by atoms with van der Waals surface area (Å²) in [4.78, 5) is 0. The van der Waals surface area contributed by atoms with E-state index in [1.54, 1.807) is 6.07 Å². The van der Waals surface area contributed by atoms with Crippen LogP contribution in [0.3, 0.4) is 0 Å². The lowest BCUT2D eigenvalue weighted by Gasteiger charge is -2.25. The summed E-state index contributed by atoms with van der Waals surface area (Å²) in [6.07, 6.45) is 0. The largest absolute Gasteiger partial charge is 0.556 e. The van der Waals surface area contributed by atoms with E-state index in [0.717, 1.165) is 26.9 Å². The zero-order chi connectivity index (χ0) is 13.9. The molecule has 0 heterocycles. The average molecular weight is 263 g/mol. The predicted octanol–water partition coefficient (Wildman–Crippen LogP) is 1.71. The highest BCUT2D eigenvalue weighted by atomic mass is 16.5. The maximum Gasteiger partial charge on any atom is 0.403 e. The summed E-state index contributed by atoms with van der Waals surface area (Å²) < 4.78 is 0. The molecule has 0 radical (unpaired) electrons. The molecule has 0 unspecified atom stereocenters. The molecule has 0 atom stereocenters. The number of hydrogen-bond acceptors (Lipinski definition) is 3. The van der Waals surface area contributed by atoms with Gasteiger partial charge in [-0.15, -0.1) is 5.46 Å². The van der Waals surface area contributed by atoms with Crippen molar-refractivity contribution >= 4 is 44.5 Å². The molecule has 4 heteroatoms. The van der Waals surface area contributed by atoms with E-state index >= 15 is 0 Å². The molecule has 3 nitrogen and oxygen atoms in total. The van der Waals surface area contributed by atoms with Crippen molar-refractivity contribution in [3.63, 3.8) is 0 Å². The quantitative estimate of drug-likeness (QED) is 0.362. The molecule has 0 aliphatic heterocycles. The topological polar surface area (TPSA) is 60.7 Å².